The number of aromatic carboxylic acids is 1. The molecule has 0 amide bonds. The third-order valence-corrected chi connectivity index (χ3v) is 5.47. The van der Waals surface area contributed by atoms with E-state index >= 15 is 0 Å². The van der Waals surface area contributed by atoms with Gasteiger partial charge in [0.15, 0.2) is 11.5 Å². The summed E-state index contributed by atoms with van der Waals surface area (Å²) >= 11 is 2.30. The largest absolute Gasteiger partial charge is 0.493 e. The molecule has 148 valence electrons. The van der Waals surface area contributed by atoms with E-state index in [1.165, 1.54) is 9.13 Å². The maximum atomic E-state index is 11.1. The van der Waals surface area contributed by atoms with Gasteiger partial charge in [-0.3, -0.25) is 4.99 Å². The Kier molecular flexibility index (Phi) is 6.87. The van der Waals surface area contributed by atoms with Gasteiger partial charge in [-0.1, -0.05) is 12.1 Å². The zero-order chi connectivity index (χ0) is 20.8. The summed E-state index contributed by atoms with van der Waals surface area (Å²) in [7, 11) is 1.58. The minimum Gasteiger partial charge on any atom is -0.493 e. The molecule has 6 heteroatoms. The van der Waals surface area contributed by atoms with Crippen molar-refractivity contribution in [1.82, 2.24) is 0 Å². The number of halogens is 1. The number of hydrogen-bond acceptors (Lipinski definition) is 4. The maximum absolute atomic E-state index is 11.1. The van der Waals surface area contributed by atoms with Crippen molar-refractivity contribution in [2.45, 2.75) is 13.5 Å². The highest BCUT2D eigenvalue weighted by molar-refractivity contribution is 14.1. The number of methoxy groups -OCH3 is 1. The van der Waals surface area contributed by atoms with Crippen LogP contribution in [0, 0.1) is 10.5 Å². The van der Waals surface area contributed by atoms with Gasteiger partial charge in [-0.15, -0.1) is 0 Å². The minimum atomic E-state index is -0.962. The van der Waals surface area contributed by atoms with Gasteiger partial charge < -0.3 is 14.6 Å². The lowest BCUT2D eigenvalue weighted by molar-refractivity contribution is 0.0696. The summed E-state index contributed by atoms with van der Waals surface area (Å²) in [6.07, 6.45) is 1.78. The molecule has 0 fully saturated rings. The molecule has 0 radical (unpaired) electrons. The summed E-state index contributed by atoms with van der Waals surface area (Å²) < 4.78 is 12.5. The number of aliphatic imine (C=N–C) groups is 1. The first kappa shape index (κ1) is 20.9. The molecule has 0 atom stereocenters. The van der Waals surface area contributed by atoms with Crippen LogP contribution in [0.25, 0.3) is 0 Å². The zero-order valence-corrected chi connectivity index (χ0v) is 18.2. The molecule has 0 bridgehead atoms. The third-order valence-electron chi connectivity index (χ3n) is 4.26. The molecule has 0 aliphatic rings. The lowest BCUT2D eigenvalue weighted by Gasteiger charge is -2.11. The molecule has 0 aromatic heterocycles. The van der Waals surface area contributed by atoms with Crippen LogP contribution in [-0.2, 0) is 6.61 Å². The van der Waals surface area contributed by atoms with Crippen LogP contribution >= 0.6 is 22.6 Å². The normalized spacial score (nSPS) is 10.9. The molecule has 0 aliphatic heterocycles. The van der Waals surface area contributed by atoms with Gasteiger partial charge in [0.2, 0.25) is 0 Å². The van der Waals surface area contributed by atoms with E-state index in [9.17, 15) is 4.79 Å². The van der Waals surface area contributed by atoms with E-state index in [0.29, 0.717) is 11.5 Å². The first-order valence-electron chi connectivity index (χ1n) is 8.89. The summed E-state index contributed by atoms with van der Waals surface area (Å²) in [5.41, 5.74) is 3.97. The molecule has 3 aromatic rings. The fourth-order valence-electron chi connectivity index (χ4n) is 2.70. The number of carboxylic acids is 1. The molecule has 0 unspecified atom stereocenters. The van der Waals surface area contributed by atoms with E-state index in [1.54, 1.807) is 31.5 Å². The predicted octanol–water partition coefficient (Wildman–Crippen LogP) is 5.64. The van der Waals surface area contributed by atoms with Crippen LogP contribution in [0.15, 0.2) is 65.7 Å². The predicted molar refractivity (Wildman–Crippen MR) is 122 cm³/mol. The first-order valence-corrected chi connectivity index (χ1v) is 9.97. The van der Waals surface area contributed by atoms with Gasteiger partial charge in [0.25, 0.3) is 0 Å². The van der Waals surface area contributed by atoms with Crippen molar-refractivity contribution in [2.75, 3.05) is 7.11 Å². The Hall–Kier alpha value is -2.87. The number of hydrogen-bond donors (Lipinski definition) is 1. The summed E-state index contributed by atoms with van der Waals surface area (Å²) in [6, 6.07) is 18.3. The zero-order valence-electron chi connectivity index (χ0n) is 16.1. The van der Waals surface area contributed by atoms with Gasteiger partial charge in [0.05, 0.1) is 18.4 Å². The molecule has 0 saturated carbocycles. The van der Waals surface area contributed by atoms with E-state index in [-0.39, 0.29) is 12.2 Å². The molecule has 5 nitrogen and oxygen atoms in total. The second-order valence-electron chi connectivity index (χ2n) is 6.40. The molecule has 0 heterocycles. The standard InChI is InChI=1S/C23H20INO4/c1-15-10-19(7-8-20(15)24)25-13-16-6-9-21(22(12-16)28-2)29-14-17-4-3-5-18(11-17)23(26)27/h3-13H,14H2,1-2H3,(H,26,27). The van der Waals surface area contributed by atoms with Crippen molar-refractivity contribution in [1.29, 1.82) is 0 Å². The van der Waals surface area contributed by atoms with E-state index < -0.39 is 5.97 Å². The van der Waals surface area contributed by atoms with Crippen molar-refractivity contribution in [3.63, 3.8) is 0 Å². The highest BCUT2D eigenvalue weighted by atomic mass is 127. The monoisotopic (exact) mass is 501 g/mol. The molecule has 3 aromatic carbocycles. The number of rotatable bonds is 7. The molecular weight excluding hydrogens is 481 g/mol. The van der Waals surface area contributed by atoms with Crippen molar-refractivity contribution >= 4 is 40.5 Å². The summed E-state index contributed by atoms with van der Waals surface area (Å²) in [4.78, 5) is 15.6. The summed E-state index contributed by atoms with van der Waals surface area (Å²) in [5, 5.41) is 9.10. The Morgan fingerprint density at radius 3 is 2.66 bits per heavy atom. The van der Waals surface area contributed by atoms with Crippen LogP contribution in [0.3, 0.4) is 0 Å². The van der Waals surface area contributed by atoms with Crippen LogP contribution in [0.5, 0.6) is 11.5 Å². The Balaban J connectivity index is 1.73. The Morgan fingerprint density at radius 2 is 1.93 bits per heavy atom. The highest BCUT2D eigenvalue weighted by Crippen LogP contribution is 2.29. The van der Waals surface area contributed by atoms with Crippen molar-refractivity contribution < 1.29 is 19.4 Å². The van der Waals surface area contributed by atoms with E-state index in [4.69, 9.17) is 14.6 Å². The lowest BCUT2D eigenvalue weighted by atomic mass is 10.1. The Morgan fingerprint density at radius 1 is 1.10 bits per heavy atom. The maximum Gasteiger partial charge on any atom is 0.335 e. The Labute approximate surface area is 183 Å². The van der Waals surface area contributed by atoms with Crippen molar-refractivity contribution in [3.8, 4) is 11.5 Å². The number of aryl methyl sites for hydroxylation is 1. The number of carbonyl (C=O) groups is 1. The van der Waals surface area contributed by atoms with Crippen LogP contribution in [-0.4, -0.2) is 24.4 Å². The molecule has 0 spiro atoms. The molecule has 3 rings (SSSR count). The second-order valence-corrected chi connectivity index (χ2v) is 7.56. The molecule has 1 N–H and O–H groups in total. The summed E-state index contributed by atoms with van der Waals surface area (Å²) in [5.74, 6) is 0.203. The number of ether oxygens (including phenoxy) is 2. The fraction of sp³-hybridized carbons (Fsp3) is 0.130. The number of nitrogens with zero attached hydrogens (tertiary/aromatic N) is 1. The lowest BCUT2D eigenvalue weighted by Crippen LogP contribution is -2.01. The topological polar surface area (TPSA) is 68.1 Å². The SMILES string of the molecule is COc1cc(C=Nc2ccc(I)c(C)c2)ccc1OCc1cccc(C(=O)O)c1. The molecule has 0 aliphatic carbocycles. The van der Waals surface area contributed by atoms with Crippen molar-refractivity contribution in [3.05, 3.63) is 86.5 Å². The first-order chi connectivity index (χ1) is 14.0. The van der Waals surface area contributed by atoms with Crippen molar-refractivity contribution in [2.24, 2.45) is 4.99 Å². The smallest absolute Gasteiger partial charge is 0.335 e. The molecule has 29 heavy (non-hydrogen) atoms. The van der Waals surface area contributed by atoms with Crippen LogP contribution < -0.4 is 9.47 Å². The van der Waals surface area contributed by atoms with Gasteiger partial charge in [0, 0.05) is 9.78 Å². The number of benzene rings is 3. The second kappa shape index (κ2) is 9.56. The van der Waals surface area contributed by atoms with E-state index in [1.807, 2.05) is 42.5 Å². The number of carboxylic acid groups (broad SMARTS) is 1. The average Bonchev–Trinajstić information content (AvgIpc) is 2.73. The van der Waals surface area contributed by atoms with Gasteiger partial charge in [-0.2, -0.15) is 0 Å². The fourth-order valence-corrected chi connectivity index (χ4v) is 3.03. The third kappa shape index (κ3) is 5.57. The van der Waals surface area contributed by atoms with Crippen LogP contribution in [0.1, 0.15) is 27.0 Å². The minimum absolute atomic E-state index is 0.232. The average molecular weight is 501 g/mol. The van der Waals surface area contributed by atoms with Crippen LogP contribution in [0.4, 0.5) is 5.69 Å². The van der Waals surface area contributed by atoms with Crippen LogP contribution in [0.2, 0.25) is 0 Å². The summed E-state index contributed by atoms with van der Waals surface area (Å²) in [6.45, 7) is 2.30. The quantitative estimate of drug-likeness (QED) is 0.336. The van der Waals surface area contributed by atoms with Gasteiger partial charge in [-0.25, -0.2) is 4.79 Å². The van der Waals surface area contributed by atoms with Gasteiger partial charge >= 0.3 is 5.97 Å². The van der Waals surface area contributed by atoms with E-state index in [2.05, 4.69) is 34.5 Å². The van der Waals surface area contributed by atoms with Gasteiger partial charge in [-0.05, 0) is 94.7 Å². The van der Waals surface area contributed by atoms with Gasteiger partial charge in [0.1, 0.15) is 6.61 Å². The van der Waals surface area contributed by atoms with E-state index in [0.717, 1.165) is 16.8 Å². The molecule has 0 saturated heterocycles. The molecular formula is C23H20INO4. The Bertz CT molecular complexity index is 1060. The highest BCUT2D eigenvalue weighted by Gasteiger charge is 2.08.